The Balaban J connectivity index is 2.28. The maximum absolute atomic E-state index is 10.9. The van der Waals surface area contributed by atoms with E-state index in [-0.39, 0.29) is 0 Å². The lowest BCUT2D eigenvalue weighted by Crippen LogP contribution is -2.10. The van der Waals surface area contributed by atoms with Crippen molar-refractivity contribution >= 4 is 23.8 Å². The second-order valence-electron chi connectivity index (χ2n) is 3.79. The molecule has 0 atom stereocenters. The van der Waals surface area contributed by atoms with Crippen molar-refractivity contribution in [2.24, 2.45) is 5.73 Å². The maximum Gasteiger partial charge on any atom is 0.248 e. The summed E-state index contributed by atoms with van der Waals surface area (Å²) < 4.78 is 5.55. The van der Waals surface area contributed by atoms with Gasteiger partial charge in [0.1, 0.15) is 11.5 Å². The van der Waals surface area contributed by atoms with Gasteiger partial charge in [-0.2, -0.15) is 0 Å². The topological polar surface area (TPSA) is 69.4 Å². The number of ether oxygens (including phenoxy) is 1. The molecular weight excluding hydrogens is 266 g/mol. The summed E-state index contributed by atoms with van der Waals surface area (Å²) in [6.45, 7) is 0. The summed E-state index contributed by atoms with van der Waals surface area (Å²) in [6.07, 6.45) is 0.684. The van der Waals surface area contributed by atoms with Crippen LogP contribution in [0.25, 0.3) is 0 Å². The maximum atomic E-state index is 10.9. The number of primary amides is 1. The van der Waals surface area contributed by atoms with E-state index in [1.165, 1.54) is 0 Å². The number of amides is 1. The van der Waals surface area contributed by atoms with Crippen LogP contribution in [0.1, 0.15) is 20.7 Å². The minimum Gasteiger partial charge on any atom is -0.457 e. The molecule has 5 heteroatoms. The van der Waals surface area contributed by atoms with Gasteiger partial charge in [0, 0.05) is 16.7 Å². The van der Waals surface area contributed by atoms with Gasteiger partial charge in [0.25, 0.3) is 0 Å². The summed E-state index contributed by atoms with van der Waals surface area (Å²) >= 11 is 5.85. The molecule has 96 valence electrons. The zero-order chi connectivity index (χ0) is 13.8. The van der Waals surface area contributed by atoms with Crippen molar-refractivity contribution in [3.63, 3.8) is 0 Å². The number of hydrogen-bond acceptors (Lipinski definition) is 3. The van der Waals surface area contributed by atoms with E-state index in [0.717, 1.165) is 0 Å². The Morgan fingerprint density at radius 1 is 1.16 bits per heavy atom. The summed E-state index contributed by atoms with van der Waals surface area (Å²) in [5.74, 6) is 0.326. The monoisotopic (exact) mass is 275 g/mol. The van der Waals surface area contributed by atoms with E-state index >= 15 is 0 Å². The van der Waals surface area contributed by atoms with Gasteiger partial charge in [-0.1, -0.05) is 11.6 Å². The number of benzene rings is 2. The molecule has 0 radical (unpaired) electrons. The van der Waals surface area contributed by atoms with Crippen LogP contribution >= 0.6 is 11.6 Å². The highest BCUT2D eigenvalue weighted by atomic mass is 35.5. The minimum atomic E-state index is -0.511. The molecule has 0 fully saturated rings. The summed E-state index contributed by atoms with van der Waals surface area (Å²) in [7, 11) is 0. The first-order valence-electron chi connectivity index (χ1n) is 5.42. The van der Waals surface area contributed by atoms with Crippen molar-refractivity contribution in [1.29, 1.82) is 0 Å². The van der Waals surface area contributed by atoms with Gasteiger partial charge >= 0.3 is 0 Å². The average Bonchev–Trinajstić information content (AvgIpc) is 2.39. The number of carbonyl (C=O) groups is 2. The molecule has 0 saturated heterocycles. The van der Waals surface area contributed by atoms with Crippen molar-refractivity contribution in [2.75, 3.05) is 0 Å². The number of aldehydes is 1. The molecule has 0 aliphatic rings. The van der Waals surface area contributed by atoms with Crippen LogP contribution in [-0.2, 0) is 0 Å². The SMILES string of the molecule is NC(=O)c1ccc(Oc2cc(Cl)ccc2C=O)cc1. The summed E-state index contributed by atoms with van der Waals surface area (Å²) in [5.41, 5.74) is 5.91. The fourth-order valence-corrected chi connectivity index (χ4v) is 1.67. The minimum absolute atomic E-state index is 0.356. The summed E-state index contributed by atoms with van der Waals surface area (Å²) in [6, 6.07) is 11.0. The van der Waals surface area contributed by atoms with Crippen molar-refractivity contribution in [3.05, 3.63) is 58.6 Å². The van der Waals surface area contributed by atoms with E-state index in [2.05, 4.69) is 0 Å². The quantitative estimate of drug-likeness (QED) is 0.872. The van der Waals surface area contributed by atoms with Crippen LogP contribution in [0.5, 0.6) is 11.5 Å². The second kappa shape index (κ2) is 5.54. The van der Waals surface area contributed by atoms with Gasteiger partial charge in [0.15, 0.2) is 6.29 Å². The Labute approximate surface area is 114 Å². The highest BCUT2D eigenvalue weighted by molar-refractivity contribution is 6.30. The zero-order valence-corrected chi connectivity index (χ0v) is 10.6. The van der Waals surface area contributed by atoms with Crippen molar-refractivity contribution in [1.82, 2.24) is 0 Å². The van der Waals surface area contributed by atoms with Gasteiger partial charge in [0.2, 0.25) is 5.91 Å². The van der Waals surface area contributed by atoms with E-state index in [4.69, 9.17) is 22.1 Å². The third kappa shape index (κ3) is 3.11. The van der Waals surface area contributed by atoms with Crippen molar-refractivity contribution in [3.8, 4) is 11.5 Å². The third-order valence-corrected chi connectivity index (χ3v) is 2.70. The molecule has 2 N–H and O–H groups in total. The molecule has 0 unspecified atom stereocenters. The van der Waals surface area contributed by atoms with Gasteiger partial charge in [-0.05, 0) is 36.4 Å². The van der Waals surface area contributed by atoms with Gasteiger partial charge in [-0.25, -0.2) is 0 Å². The van der Waals surface area contributed by atoms with Crippen LogP contribution in [0.4, 0.5) is 0 Å². The van der Waals surface area contributed by atoms with Crippen LogP contribution < -0.4 is 10.5 Å². The van der Waals surface area contributed by atoms with Crippen LogP contribution in [0.3, 0.4) is 0 Å². The zero-order valence-electron chi connectivity index (χ0n) is 9.80. The van der Waals surface area contributed by atoms with Gasteiger partial charge in [0.05, 0.1) is 5.56 Å². The summed E-state index contributed by atoms with van der Waals surface area (Å²) in [4.78, 5) is 21.8. The Bertz CT molecular complexity index is 623. The first-order valence-corrected chi connectivity index (χ1v) is 5.80. The van der Waals surface area contributed by atoms with Crippen molar-refractivity contribution < 1.29 is 14.3 Å². The molecule has 0 spiro atoms. The standard InChI is InChI=1S/C14H10ClNO3/c15-11-4-1-10(8-17)13(7-11)19-12-5-2-9(3-6-12)14(16)18/h1-8H,(H2,16,18). The number of nitrogens with two attached hydrogens (primary N) is 1. The molecule has 0 aromatic heterocycles. The predicted octanol–water partition coefficient (Wildman–Crippen LogP) is 3.04. The Morgan fingerprint density at radius 2 is 1.84 bits per heavy atom. The summed E-state index contributed by atoms with van der Waals surface area (Å²) in [5, 5.41) is 0.467. The fourth-order valence-electron chi connectivity index (χ4n) is 1.51. The Morgan fingerprint density at radius 3 is 2.42 bits per heavy atom. The lowest BCUT2D eigenvalue weighted by molar-refractivity contribution is 0.1000. The van der Waals surface area contributed by atoms with E-state index in [1.54, 1.807) is 42.5 Å². The highest BCUT2D eigenvalue weighted by Crippen LogP contribution is 2.27. The third-order valence-electron chi connectivity index (χ3n) is 2.47. The molecule has 0 saturated carbocycles. The predicted molar refractivity (Wildman–Crippen MR) is 71.9 cm³/mol. The van der Waals surface area contributed by atoms with Crippen molar-refractivity contribution in [2.45, 2.75) is 0 Å². The van der Waals surface area contributed by atoms with Gasteiger partial charge in [-0.15, -0.1) is 0 Å². The smallest absolute Gasteiger partial charge is 0.248 e. The molecule has 2 aromatic rings. The lowest BCUT2D eigenvalue weighted by atomic mass is 10.2. The van der Waals surface area contributed by atoms with Crippen LogP contribution in [0, 0.1) is 0 Å². The number of halogens is 1. The Kier molecular flexibility index (Phi) is 3.82. The normalized spacial score (nSPS) is 9.95. The molecule has 0 aliphatic carbocycles. The van der Waals surface area contributed by atoms with E-state index in [1.807, 2.05) is 0 Å². The van der Waals surface area contributed by atoms with E-state index in [9.17, 15) is 9.59 Å². The second-order valence-corrected chi connectivity index (χ2v) is 4.23. The first-order chi connectivity index (χ1) is 9.10. The Hall–Kier alpha value is -2.33. The molecule has 19 heavy (non-hydrogen) atoms. The molecule has 4 nitrogen and oxygen atoms in total. The largest absolute Gasteiger partial charge is 0.457 e. The van der Waals surface area contributed by atoms with Gasteiger partial charge in [-0.3, -0.25) is 9.59 Å². The number of rotatable bonds is 4. The molecular formula is C14H10ClNO3. The molecule has 2 aromatic carbocycles. The van der Waals surface area contributed by atoms with E-state index in [0.29, 0.717) is 33.9 Å². The number of carbonyl (C=O) groups excluding carboxylic acids is 2. The first kappa shape index (κ1) is 13.1. The molecule has 2 rings (SSSR count). The average molecular weight is 276 g/mol. The fraction of sp³-hybridized carbons (Fsp3) is 0. The molecule has 1 amide bonds. The lowest BCUT2D eigenvalue weighted by Gasteiger charge is -2.08. The van der Waals surface area contributed by atoms with Crippen LogP contribution in [-0.4, -0.2) is 12.2 Å². The van der Waals surface area contributed by atoms with Crippen LogP contribution in [0.2, 0.25) is 5.02 Å². The number of hydrogen-bond donors (Lipinski definition) is 1. The molecule has 0 aliphatic heterocycles. The molecule has 0 heterocycles. The highest BCUT2D eigenvalue weighted by Gasteiger charge is 2.06. The van der Waals surface area contributed by atoms with Gasteiger partial charge < -0.3 is 10.5 Å². The van der Waals surface area contributed by atoms with E-state index < -0.39 is 5.91 Å². The van der Waals surface area contributed by atoms with Crippen LogP contribution in [0.15, 0.2) is 42.5 Å². The molecule has 0 bridgehead atoms.